The first-order valence-corrected chi connectivity index (χ1v) is 3.94. The molecule has 3 heteroatoms. The Morgan fingerprint density at radius 2 is 2.00 bits per heavy atom. The van der Waals surface area contributed by atoms with Crippen LogP contribution in [0.4, 0.5) is 0 Å². The lowest BCUT2D eigenvalue weighted by Crippen LogP contribution is -2.23. The number of rotatable bonds is 2. The molecular weight excluding hydrogens is 164 g/mol. The summed E-state index contributed by atoms with van der Waals surface area (Å²) in [5.74, 6) is 0.672. The molecule has 68 valence electrons. The molecule has 0 unspecified atom stereocenters. The second-order valence-corrected chi connectivity index (χ2v) is 2.73. The average Bonchev–Trinajstić information content (AvgIpc) is 2.13. The lowest BCUT2D eigenvalue weighted by atomic mass is 10.2. The predicted molar refractivity (Wildman–Crippen MR) is 54.4 cm³/mol. The summed E-state index contributed by atoms with van der Waals surface area (Å²) in [6.45, 7) is 8.94. The molecule has 0 aromatic carbocycles. The first-order chi connectivity index (χ1) is 6.11. The minimum Gasteiger partial charge on any atom is -0.299 e. The second-order valence-electron chi connectivity index (χ2n) is 2.73. The van der Waals surface area contributed by atoms with E-state index >= 15 is 0 Å². The molecule has 0 aliphatic heterocycles. The molecule has 0 aliphatic carbocycles. The second kappa shape index (κ2) is 3.39. The molecule has 0 amide bonds. The Morgan fingerprint density at radius 3 is 2.46 bits per heavy atom. The molecule has 1 heterocycles. The van der Waals surface area contributed by atoms with Crippen LogP contribution in [0.5, 0.6) is 0 Å². The van der Waals surface area contributed by atoms with E-state index in [1.165, 1.54) is 10.6 Å². The van der Waals surface area contributed by atoms with Crippen molar-refractivity contribution in [1.82, 2.24) is 9.55 Å². The quantitative estimate of drug-likeness (QED) is 0.682. The Balaban J connectivity index is 3.67. The molecule has 0 atom stereocenters. The number of nitrogens with zero attached hydrogens (tertiary/aromatic N) is 2. The fraction of sp³-hybridized carbons (Fsp3) is 0.200. The van der Waals surface area contributed by atoms with Crippen LogP contribution in [0.2, 0.25) is 0 Å². The van der Waals surface area contributed by atoms with Gasteiger partial charge in [0, 0.05) is 7.05 Å². The smallest absolute Gasteiger partial charge is 0.261 e. The van der Waals surface area contributed by atoms with Crippen molar-refractivity contribution in [3.05, 3.63) is 40.6 Å². The van der Waals surface area contributed by atoms with Gasteiger partial charge in [0.25, 0.3) is 5.56 Å². The van der Waals surface area contributed by atoms with Crippen LogP contribution in [0, 0.1) is 6.92 Å². The van der Waals surface area contributed by atoms with Gasteiger partial charge in [-0.15, -0.1) is 0 Å². The minimum absolute atomic E-state index is 0.0857. The molecule has 0 radical (unpaired) electrons. The Labute approximate surface area is 77.1 Å². The van der Waals surface area contributed by atoms with Gasteiger partial charge in [-0.2, -0.15) is 0 Å². The van der Waals surface area contributed by atoms with Crippen LogP contribution in [-0.4, -0.2) is 9.55 Å². The minimum atomic E-state index is -0.0857. The molecule has 0 bridgehead atoms. The van der Waals surface area contributed by atoms with Gasteiger partial charge in [0.2, 0.25) is 0 Å². The molecule has 1 aromatic rings. The maximum atomic E-state index is 11.6. The largest absolute Gasteiger partial charge is 0.299 e. The van der Waals surface area contributed by atoms with Crippen LogP contribution in [0.25, 0.3) is 12.2 Å². The van der Waals surface area contributed by atoms with Crippen molar-refractivity contribution in [2.75, 3.05) is 0 Å². The monoisotopic (exact) mass is 176 g/mol. The number of aromatic nitrogens is 2. The molecule has 0 N–H and O–H groups in total. The van der Waals surface area contributed by atoms with E-state index in [1.807, 2.05) is 0 Å². The summed E-state index contributed by atoms with van der Waals surface area (Å²) in [6, 6.07) is 0. The summed E-state index contributed by atoms with van der Waals surface area (Å²) < 4.78 is 1.49. The topological polar surface area (TPSA) is 34.9 Å². The van der Waals surface area contributed by atoms with E-state index in [2.05, 4.69) is 18.1 Å². The highest BCUT2D eigenvalue weighted by Gasteiger charge is 2.06. The van der Waals surface area contributed by atoms with E-state index in [0.29, 0.717) is 17.1 Å². The lowest BCUT2D eigenvalue weighted by molar-refractivity contribution is 0.769. The van der Waals surface area contributed by atoms with Crippen molar-refractivity contribution in [1.29, 1.82) is 0 Å². The normalized spacial score (nSPS) is 9.69. The van der Waals surface area contributed by atoms with Crippen molar-refractivity contribution < 1.29 is 0 Å². The van der Waals surface area contributed by atoms with E-state index < -0.39 is 0 Å². The number of aryl methyl sites for hydroxylation is 1. The summed E-state index contributed by atoms with van der Waals surface area (Å²) in [5, 5.41) is 0. The Bertz CT molecular complexity index is 416. The van der Waals surface area contributed by atoms with Gasteiger partial charge in [0.15, 0.2) is 0 Å². The maximum absolute atomic E-state index is 11.6. The third kappa shape index (κ3) is 1.45. The Morgan fingerprint density at radius 1 is 1.38 bits per heavy atom. The van der Waals surface area contributed by atoms with Gasteiger partial charge in [-0.05, 0) is 13.0 Å². The molecule has 0 saturated heterocycles. The molecule has 0 aliphatic rings. The third-order valence-corrected chi connectivity index (χ3v) is 1.98. The zero-order chi connectivity index (χ0) is 10.0. The van der Waals surface area contributed by atoms with Crippen molar-refractivity contribution in [2.24, 2.45) is 7.05 Å². The molecule has 3 nitrogen and oxygen atoms in total. The van der Waals surface area contributed by atoms with Gasteiger partial charge < -0.3 is 0 Å². The van der Waals surface area contributed by atoms with Crippen LogP contribution in [-0.2, 0) is 7.05 Å². The average molecular weight is 176 g/mol. The van der Waals surface area contributed by atoms with Crippen molar-refractivity contribution in [3.63, 3.8) is 0 Å². The molecule has 0 spiro atoms. The molecule has 1 rings (SSSR count). The maximum Gasteiger partial charge on any atom is 0.261 e. The van der Waals surface area contributed by atoms with E-state index in [1.54, 1.807) is 20.0 Å². The van der Waals surface area contributed by atoms with Crippen molar-refractivity contribution in [3.8, 4) is 0 Å². The first kappa shape index (κ1) is 9.45. The van der Waals surface area contributed by atoms with E-state index in [0.717, 1.165) is 0 Å². The van der Waals surface area contributed by atoms with Crippen LogP contribution in [0.1, 0.15) is 17.1 Å². The van der Waals surface area contributed by atoms with Gasteiger partial charge in [0.05, 0.1) is 11.3 Å². The Kier molecular flexibility index (Phi) is 2.46. The highest BCUT2D eigenvalue weighted by molar-refractivity contribution is 5.59. The van der Waals surface area contributed by atoms with E-state index in [9.17, 15) is 4.79 Å². The summed E-state index contributed by atoms with van der Waals surface area (Å²) in [6.07, 6.45) is 3.07. The van der Waals surface area contributed by atoms with Crippen LogP contribution >= 0.6 is 0 Å². The van der Waals surface area contributed by atoms with Crippen molar-refractivity contribution >= 4 is 12.2 Å². The zero-order valence-corrected chi connectivity index (χ0v) is 7.87. The van der Waals surface area contributed by atoms with E-state index in [4.69, 9.17) is 0 Å². The summed E-state index contributed by atoms with van der Waals surface area (Å²) in [5.41, 5.74) is 1.01. The molecule has 13 heavy (non-hydrogen) atoms. The van der Waals surface area contributed by atoms with Gasteiger partial charge >= 0.3 is 0 Å². The summed E-state index contributed by atoms with van der Waals surface area (Å²) >= 11 is 0. The van der Waals surface area contributed by atoms with Gasteiger partial charge in [-0.25, -0.2) is 4.98 Å². The Hall–Kier alpha value is -1.64. The molecular formula is C10H12N2O. The predicted octanol–water partition coefficient (Wildman–Crippen LogP) is 1.37. The van der Waals surface area contributed by atoms with Crippen LogP contribution < -0.4 is 5.56 Å². The van der Waals surface area contributed by atoms with Gasteiger partial charge in [-0.3, -0.25) is 9.36 Å². The lowest BCUT2D eigenvalue weighted by Gasteiger charge is -2.06. The third-order valence-electron chi connectivity index (χ3n) is 1.98. The summed E-state index contributed by atoms with van der Waals surface area (Å²) in [4.78, 5) is 15.8. The first-order valence-electron chi connectivity index (χ1n) is 3.94. The SMILES string of the molecule is C=Cc1nc(C)n(C)c(=O)c1C=C. The number of hydrogen-bond acceptors (Lipinski definition) is 2. The van der Waals surface area contributed by atoms with Gasteiger partial charge in [0.1, 0.15) is 5.82 Å². The fourth-order valence-electron chi connectivity index (χ4n) is 1.09. The van der Waals surface area contributed by atoms with E-state index in [-0.39, 0.29) is 5.56 Å². The van der Waals surface area contributed by atoms with Crippen LogP contribution in [0.15, 0.2) is 18.0 Å². The highest BCUT2D eigenvalue weighted by atomic mass is 16.1. The van der Waals surface area contributed by atoms with Crippen molar-refractivity contribution in [2.45, 2.75) is 6.92 Å². The zero-order valence-electron chi connectivity index (χ0n) is 7.87. The fourth-order valence-corrected chi connectivity index (χ4v) is 1.09. The molecule has 0 saturated carbocycles. The highest BCUT2D eigenvalue weighted by Crippen LogP contribution is 2.04. The van der Waals surface area contributed by atoms with Crippen LogP contribution in [0.3, 0.4) is 0 Å². The van der Waals surface area contributed by atoms with Gasteiger partial charge in [-0.1, -0.05) is 19.2 Å². The summed E-state index contributed by atoms with van der Waals surface area (Å²) in [7, 11) is 1.69. The molecule has 1 aromatic heterocycles. The standard InChI is InChI=1S/C10H12N2O/c1-5-8-9(6-2)11-7(3)12(4)10(8)13/h5-6H,1-2H2,3-4H3. The number of hydrogen-bond donors (Lipinski definition) is 0. The molecule has 0 fully saturated rings.